The molecule has 0 amide bonds. The summed E-state index contributed by atoms with van der Waals surface area (Å²) in [5.74, 6) is 0.304. The lowest BCUT2D eigenvalue weighted by molar-refractivity contribution is 0.118. The maximum Gasteiger partial charge on any atom is 0.555 e. The van der Waals surface area contributed by atoms with Gasteiger partial charge in [-0.25, -0.2) is 0 Å². The first kappa shape index (κ1) is 10.6. The summed E-state index contributed by atoms with van der Waals surface area (Å²) < 4.78 is 4.68. The van der Waals surface area contributed by atoms with Crippen molar-refractivity contribution >= 4 is 27.7 Å². The Labute approximate surface area is 103 Å². The van der Waals surface area contributed by atoms with Crippen molar-refractivity contribution < 1.29 is 14.6 Å². The highest BCUT2D eigenvalue weighted by atomic mass is 16.7. The summed E-state index contributed by atoms with van der Waals surface area (Å²) >= 11 is 0. The van der Waals surface area contributed by atoms with E-state index in [1.54, 1.807) is 12.1 Å². The second-order valence-electron chi connectivity index (χ2n) is 4.03. The molecular formula is C15H9O3. The Morgan fingerprint density at radius 2 is 1.50 bits per heavy atom. The van der Waals surface area contributed by atoms with Crippen LogP contribution < -0.4 is 4.74 Å². The number of ether oxygens (including phenoxy) is 1. The van der Waals surface area contributed by atoms with Crippen molar-refractivity contribution in [3.63, 3.8) is 0 Å². The van der Waals surface area contributed by atoms with Crippen molar-refractivity contribution in [1.29, 1.82) is 0 Å². The van der Waals surface area contributed by atoms with E-state index in [-0.39, 0.29) is 0 Å². The Bertz CT molecular complexity index is 747. The molecule has 0 saturated carbocycles. The van der Waals surface area contributed by atoms with Crippen LogP contribution in [0.4, 0.5) is 4.79 Å². The fourth-order valence-electron chi connectivity index (χ4n) is 2.12. The summed E-state index contributed by atoms with van der Waals surface area (Å²) in [6.45, 7) is 0. The Morgan fingerprint density at radius 3 is 2.22 bits per heavy atom. The molecule has 3 aromatic rings. The maximum absolute atomic E-state index is 10.5. The highest BCUT2D eigenvalue weighted by Crippen LogP contribution is 2.29. The molecule has 0 saturated heterocycles. The van der Waals surface area contributed by atoms with Gasteiger partial charge >= 0.3 is 6.16 Å². The van der Waals surface area contributed by atoms with Crippen molar-refractivity contribution in [3.05, 3.63) is 54.6 Å². The molecular weight excluding hydrogens is 228 g/mol. The van der Waals surface area contributed by atoms with Crippen LogP contribution in [0, 0.1) is 0 Å². The van der Waals surface area contributed by atoms with Crippen LogP contribution in [0.5, 0.6) is 5.75 Å². The van der Waals surface area contributed by atoms with Crippen LogP contribution >= 0.6 is 0 Å². The van der Waals surface area contributed by atoms with Crippen molar-refractivity contribution in [1.82, 2.24) is 0 Å². The summed E-state index contributed by atoms with van der Waals surface area (Å²) in [7, 11) is 0. The van der Waals surface area contributed by atoms with E-state index in [0.29, 0.717) is 5.75 Å². The predicted octanol–water partition coefficient (Wildman–Crippen LogP) is 3.92. The molecule has 3 heteroatoms. The standard InChI is InChI=1S/C15H9O3/c16-15(17)18-14-7-3-6-12-8-10-4-1-2-5-11(10)9-13(12)14/h1-9H. The van der Waals surface area contributed by atoms with Crippen LogP contribution in [0.3, 0.4) is 0 Å². The minimum absolute atomic E-state index is 0.304. The third kappa shape index (κ3) is 1.76. The number of fused-ring (bicyclic) bond motifs is 2. The van der Waals surface area contributed by atoms with E-state index in [2.05, 4.69) is 4.74 Å². The zero-order valence-electron chi connectivity index (χ0n) is 9.42. The molecule has 1 radical (unpaired) electrons. The first-order valence-corrected chi connectivity index (χ1v) is 5.54. The fraction of sp³-hybridized carbons (Fsp3) is 0. The third-order valence-corrected chi connectivity index (χ3v) is 2.90. The normalized spacial score (nSPS) is 10.7. The van der Waals surface area contributed by atoms with Crippen LogP contribution in [0.1, 0.15) is 0 Å². The lowest BCUT2D eigenvalue weighted by Crippen LogP contribution is -2.01. The summed E-state index contributed by atoms with van der Waals surface area (Å²) in [5, 5.41) is 14.4. The van der Waals surface area contributed by atoms with Crippen molar-refractivity contribution in [2.45, 2.75) is 0 Å². The van der Waals surface area contributed by atoms with Gasteiger partial charge in [0, 0.05) is 5.39 Å². The zero-order valence-corrected chi connectivity index (χ0v) is 9.42. The smallest absolute Gasteiger partial charge is 0.392 e. The molecule has 3 nitrogen and oxygen atoms in total. The van der Waals surface area contributed by atoms with Gasteiger partial charge < -0.3 is 4.74 Å². The minimum Gasteiger partial charge on any atom is -0.392 e. The number of hydrogen-bond acceptors (Lipinski definition) is 2. The molecule has 3 aromatic carbocycles. The van der Waals surface area contributed by atoms with E-state index in [9.17, 15) is 9.90 Å². The van der Waals surface area contributed by atoms with E-state index in [1.807, 2.05) is 42.5 Å². The SMILES string of the molecule is [O]C(=O)Oc1cccc2cc3ccccc3cc12. The van der Waals surface area contributed by atoms with Crippen molar-refractivity contribution in [2.75, 3.05) is 0 Å². The average molecular weight is 237 g/mol. The molecule has 0 atom stereocenters. The minimum atomic E-state index is -1.55. The molecule has 87 valence electrons. The van der Waals surface area contributed by atoms with E-state index < -0.39 is 6.16 Å². The largest absolute Gasteiger partial charge is 0.555 e. The summed E-state index contributed by atoms with van der Waals surface area (Å²) in [6, 6.07) is 17.1. The molecule has 0 aliphatic carbocycles. The monoisotopic (exact) mass is 237 g/mol. The first-order valence-electron chi connectivity index (χ1n) is 5.54. The van der Waals surface area contributed by atoms with Crippen LogP contribution in [0.2, 0.25) is 0 Å². The molecule has 0 aliphatic heterocycles. The highest BCUT2D eigenvalue weighted by molar-refractivity contribution is 6.01. The van der Waals surface area contributed by atoms with Crippen LogP contribution in [-0.2, 0) is 5.11 Å². The molecule has 0 spiro atoms. The molecule has 0 heterocycles. The number of carbonyl (C=O) groups is 1. The quantitative estimate of drug-likeness (QED) is 0.366. The van der Waals surface area contributed by atoms with Gasteiger partial charge in [0.2, 0.25) is 0 Å². The first-order chi connectivity index (χ1) is 8.74. The van der Waals surface area contributed by atoms with Gasteiger partial charge in [-0.1, -0.05) is 36.4 Å². The number of benzene rings is 3. The van der Waals surface area contributed by atoms with Gasteiger partial charge in [0.25, 0.3) is 0 Å². The lowest BCUT2D eigenvalue weighted by Gasteiger charge is -2.06. The fourth-order valence-corrected chi connectivity index (χ4v) is 2.12. The molecule has 3 rings (SSSR count). The van der Waals surface area contributed by atoms with Gasteiger partial charge in [-0.3, -0.25) is 0 Å². The van der Waals surface area contributed by atoms with Gasteiger partial charge in [0.05, 0.1) is 0 Å². The van der Waals surface area contributed by atoms with Gasteiger partial charge in [-0.2, -0.15) is 9.90 Å². The molecule has 0 unspecified atom stereocenters. The zero-order chi connectivity index (χ0) is 12.5. The van der Waals surface area contributed by atoms with Crippen LogP contribution in [-0.4, -0.2) is 6.16 Å². The van der Waals surface area contributed by atoms with Gasteiger partial charge in [0.15, 0.2) is 0 Å². The second kappa shape index (κ2) is 4.04. The summed E-state index contributed by atoms with van der Waals surface area (Å²) in [4.78, 5) is 10.5. The summed E-state index contributed by atoms with van der Waals surface area (Å²) in [6.07, 6.45) is -1.55. The molecule has 0 N–H and O–H groups in total. The Balaban J connectivity index is 2.32. The summed E-state index contributed by atoms with van der Waals surface area (Å²) in [5.41, 5.74) is 0. The molecule has 0 aliphatic rings. The van der Waals surface area contributed by atoms with Gasteiger partial charge in [-0.15, -0.1) is 0 Å². The molecule has 18 heavy (non-hydrogen) atoms. The second-order valence-corrected chi connectivity index (χ2v) is 4.03. The van der Waals surface area contributed by atoms with Crippen molar-refractivity contribution in [3.8, 4) is 5.75 Å². The topological polar surface area (TPSA) is 46.2 Å². The highest BCUT2D eigenvalue weighted by Gasteiger charge is 2.08. The maximum atomic E-state index is 10.5. The predicted molar refractivity (Wildman–Crippen MR) is 68.2 cm³/mol. The van der Waals surface area contributed by atoms with E-state index in [1.165, 1.54) is 0 Å². The Hall–Kier alpha value is -2.55. The van der Waals surface area contributed by atoms with E-state index >= 15 is 0 Å². The van der Waals surface area contributed by atoms with Crippen molar-refractivity contribution in [2.24, 2.45) is 0 Å². The lowest BCUT2D eigenvalue weighted by atomic mass is 10.0. The Morgan fingerprint density at radius 1 is 0.833 bits per heavy atom. The van der Waals surface area contributed by atoms with Gasteiger partial charge in [-0.05, 0) is 34.4 Å². The van der Waals surface area contributed by atoms with Gasteiger partial charge in [0.1, 0.15) is 5.75 Å². The molecule has 0 fully saturated rings. The van der Waals surface area contributed by atoms with E-state index in [0.717, 1.165) is 21.5 Å². The molecule has 0 bridgehead atoms. The average Bonchev–Trinajstić information content (AvgIpc) is 2.36. The molecule has 0 aromatic heterocycles. The third-order valence-electron chi connectivity index (χ3n) is 2.90. The van der Waals surface area contributed by atoms with Crippen LogP contribution in [0.15, 0.2) is 54.6 Å². The number of hydrogen-bond donors (Lipinski definition) is 0. The van der Waals surface area contributed by atoms with Crippen LogP contribution in [0.25, 0.3) is 21.5 Å². The number of rotatable bonds is 1. The van der Waals surface area contributed by atoms with E-state index in [4.69, 9.17) is 0 Å². The Kier molecular flexibility index (Phi) is 2.38. The number of carbonyl (C=O) groups excluding carboxylic acids is 1.